The van der Waals surface area contributed by atoms with Gasteiger partial charge in [0.2, 0.25) is 0 Å². The summed E-state index contributed by atoms with van der Waals surface area (Å²) >= 11 is 1.46. The van der Waals surface area contributed by atoms with Crippen molar-refractivity contribution < 1.29 is 13.9 Å². The summed E-state index contributed by atoms with van der Waals surface area (Å²) in [7, 11) is 0. The molecule has 0 aliphatic carbocycles. The van der Waals surface area contributed by atoms with Crippen LogP contribution in [0.25, 0.3) is 10.2 Å². The number of likely N-dealkylation sites (N-methyl/N-ethyl adjacent to an activating group) is 1. The van der Waals surface area contributed by atoms with Gasteiger partial charge < -0.3 is 9.64 Å². The van der Waals surface area contributed by atoms with Crippen LogP contribution in [-0.4, -0.2) is 48.6 Å². The zero-order valence-electron chi connectivity index (χ0n) is 17.0. The highest BCUT2D eigenvalue weighted by Gasteiger charge is 2.23. The fourth-order valence-electron chi connectivity index (χ4n) is 3.11. The third kappa shape index (κ3) is 4.92. The van der Waals surface area contributed by atoms with Gasteiger partial charge in [-0.25, -0.2) is 9.37 Å². The van der Waals surface area contributed by atoms with E-state index in [9.17, 15) is 9.18 Å². The number of halogens is 1. The summed E-state index contributed by atoms with van der Waals surface area (Å²) < 4.78 is 20.0. The van der Waals surface area contributed by atoms with Gasteiger partial charge in [0.1, 0.15) is 17.1 Å². The molecule has 1 heterocycles. The van der Waals surface area contributed by atoms with Crippen LogP contribution in [0.5, 0.6) is 5.75 Å². The second-order valence-electron chi connectivity index (χ2n) is 6.52. The highest BCUT2D eigenvalue weighted by Crippen LogP contribution is 2.34. The third-order valence-electron chi connectivity index (χ3n) is 4.77. The fourth-order valence-corrected chi connectivity index (χ4v) is 4.12. The molecular weight excluding hydrogens is 389 g/mol. The molecule has 0 radical (unpaired) electrons. The van der Waals surface area contributed by atoms with Crippen LogP contribution in [-0.2, 0) is 0 Å². The third-order valence-corrected chi connectivity index (χ3v) is 5.82. The normalized spacial score (nSPS) is 11.2. The van der Waals surface area contributed by atoms with Gasteiger partial charge in [-0.15, -0.1) is 0 Å². The SMILES string of the molecule is CCOc1cccc2sc(N(CCN(CC)CC)C(=O)c3ccc(F)cc3)nc12. The van der Waals surface area contributed by atoms with Crippen molar-refractivity contribution in [3.8, 4) is 5.75 Å². The summed E-state index contributed by atoms with van der Waals surface area (Å²) in [4.78, 5) is 21.9. The van der Waals surface area contributed by atoms with Gasteiger partial charge in [0, 0.05) is 18.7 Å². The maximum atomic E-state index is 13.3. The van der Waals surface area contributed by atoms with E-state index in [-0.39, 0.29) is 11.7 Å². The molecule has 0 saturated heterocycles. The lowest BCUT2D eigenvalue weighted by Crippen LogP contribution is -2.38. The zero-order valence-corrected chi connectivity index (χ0v) is 17.8. The second kappa shape index (κ2) is 9.80. The van der Waals surface area contributed by atoms with E-state index in [1.165, 1.54) is 35.6 Å². The Bertz CT molecular complexity index is 954. The van der Waals surface area contributed by atoms with Crippen molar-refractivity contribution in [2.75, 3.05) is 37.7 Å². The number of carbonyl (C=O) groups excluding carboxylic acids is 1. The molecule has 2 aromatic carbocycles. The van der Waals surface area contributed by atoms with Crippen LogP contribution in [0.15, 0.2) is 42.5 Å². The van der Waals surface area contributed by atoms with Gasteiger partial charge in [-0.1, -0.05) is 31.3 Å². The smallest absolute Gasteiger partial charge is 0.260 e. The molecule has 0 atom stereocenters. The molecule has 0 unspecified atom stereocenters. The number of benzene rings is 2. The molecule has 29 heavy (non-hydrogen) atoms. The van der Waals surface area contributed by atoms with Crippen molar-refractivity contribution in [3.05, 3.63) is 53.8 Å². The molecule has 1 amide bonds. The van der Waals surface area contributed by atoms with E-state index >= 15 is 0 Å². The highest BCUT2D eigenvalue weighted by atomic mass is 32.1. The lowest BCUT2D eigenvalue weighted by atomic mass is 10.2. The molecular formula is C22H26FN3O2S. The van der Waals surface area contributed by atoms with Gasteiger partial charge in [-0.2, -0.15) is 0 Å². The summed E-state index contributed by atoms with van der Waals surface area (Å²) in [6.45, 7) is 9.72. The molecule has 0 fully saturated rings. The maximum absolute atomic E-state index is 13.3. The maximum Gasteiger partial charge on any atom is 0.260 e. The average molecular weight is 416 g/mol. The van der Waals surface area contributed by atoms with Crippen molar-refractivity contribution in [1.29, 1.82) is 0 Å². The van der Waals surface area contributed by atoms with Crippen LogP contribution in [0.4, 0.5) is 9.52 Å². The van der Waals surface area contributed by atoms with Crippen LogP contribution < -0.4 is 9.64 Å². The molecule has 3 aromatic rings. The second-order valence-corrected chi connectivity index (χ2v) is 7.53. The quantitative estimate of drug-likeness (QED) is 0.503. The van der Waals surface area contributed by atoms with Gasteiger partial charge in [0.25, 0.3) is 5.91 Å². The Morgan fingerprint density at radius 2 is 1.79 bits per heavy atom. The van der Waals surface area contributed by atoms with Crippen LogP contribution in [0.3, 0.4) is 0 Å². The van der Waals surface area contributed by atoms with Gasteiger partial charge in [-0.05, 0) is 56.4 Å². The van der Waals surface area contributed by atoms with Crippen LogP contribution in [0, 0.1) is 5.82 Å². The molecule has 1 aromatic heterocycles. The van der Waals surface area contributed by atoms with E-state index < -0.39 is 0 Å². The van der Waals surface area contributed by atoms with Crippen molar-refractivity contribution in [1.82, 2.24) is 9.88 Å². The van der Waals surface area contributed by atoms with E-state index in [0.717, 1.165) is 29.9 Å². The average Bonchev–Trinajstić information content (AvgIpc) is 3.16. The van der Waals surface area contributed by atoms with Gasteiger partial charge in [0.15, 0.2) is 5.13 Å². The summed E-state index contributed by atoms with van der Waals surface area (Å²) in [5, 5.41) is 0.619. The van der Waals surface area contributed by atoms with Crippen molar-refractivity contribution in [2.45, 2.75) is 20.8 Å². The summed E-state index contributed by atoms with van der Waals surface area (Å²) in [6.07, 6.45) is 0. The van der Waals surface area contributed by atoms with E-state index in [1.807, 2.05) is 25.1 Å². The fraction of sp³-hybridized carbons (Fsp3) is 0.364. The van der Waals surface area contributed by atoms with Gasteiger partial charge >= 0.3 is 0 Å². The number of nitrogens with zero attached hydrogens (tertiary/aromatic N) is 3. The lowest BCUT2D eigenvalue weighted by molar-refractivity contribution is 0.0983. The first-order chi connectivity index (χ1) is 14.1. The standard InChI is InChI=1S/C22H26FN3O2S/c1-4-25(5-2)14-15-26(21(27)16-10-12-17(23)13-11-16)22-24-20-18(28-6-3)8-7-9-19(20)29-22/h7-13H,4-6,14-15H2,1-3H3. The molecule has 0 bridgehead atoms. The van der Waals surface area contributed by atoms with Crippen molar-refractivity contribution in [3.63, 3.8) is 0 Å². The Morgan fingerprint density at radius 3 is 2.45 bits per heavy atom. The number of carbonyl (C=O) groups is 1. The molecule has 0 spiro atoms. The van der Waals surface area contributed by atoms with E-state index in [2.05, 4.69) is 18.7 Å². The molecule has 0 aliphatic heterocycles. The summed E-state index contributed by atoms with van der Waals surface area (Å²) in [6, 6.07) is 11.4. The number of aromatic nitrogens is 1. The number of anilines is 1. The number of rotatable bonds is 9. The molecule has 0 N–H and O–H groups in total. The largest absolute Gasteiger partial charge is 0.492 e. The number of para-hydroxylation sites is 1. The predicted molar refractivity (Wildman–Crippen MR) is 117 cm³/mol. The number of hydrogen-bond donors (Lipinski definition) is 0. The Hall–Kier alpha value is -2.51. The number of ether oxygens (including phenoxy) is 1. The minimum absolute atomic E-state index is 0.186. The zero-order chi connectivity index (χ0) is 20.8. The minimum Gasteiger partial charge on any atom is -0.492 e. The number of amides is 1. The van der Waals surface area contributed by atoms with E-state index in [4.69, 9.17) is 9.72 Å². The molecule has 7 heteroatoms. The van der Waals surface area contributed by atoms with Crippen LogP contribution >= 0.6 is 11.3 Å². The topological polar surface area (TPSA) is 45.7 Å². The van der Waals surface area contributed by atoms with E-state index in [0.29, 0.717) is 29.6 Å². The van der Waals surface area contributed by atoms with Crippen molar-refractivity contribution >= 4 is 32.6 Å². The molecule has 3 rings (SSSR count). The molecule has 5 nitrogen and oxygen atoms in total. The Morgan fingerprint density at radius 1 is 1.07 bits per heavy atom. The highest BCUT2D eigenvalue weighted by molar-refractivity contribution is 7.22. The summed E-state index contributed by atoms with van der Waals surface area (Å²) in [5.41, 5.74) is 1.20. The Kier molecular flexibility index (Phi) is 7.17. The number of hydrogen-bond acceptors (Lipinski definition) is 5. The molecule has 0 aliphatic rings. The Balaban J connectivity index is 1.97. The molecule has 0 saturated carbocycles. The van der Waals surface area contributed by atoms with Crippen LogP contribution in [0.2, 0.25) is 0 Å². The van der Waals surface area contributed by atoms with Gasteiger partial charge in [-0.3, -0.25) is 9.69 Å². The molecule has 154 valence electrons. The first-order valence-electron chi connectivity index (χ1n) is 9.89. The number of fused-ring (bicyclic) bond motifs is 1. The van der Waals surface area contributed by atoms with Gasteiger partial charge in [0.05, 0.1) is 11.3 Å². The lowest BCUT2D eigenvalue weighted by Gasteiger charge is -2.24. The predicted octanol–water partition coefficient (Wildman–Crippen LogP) is 4.82. The first kappa shape index (κ1) is 21.2. The number of thiazole rings is 1. The van der Waals surface area contributed by atoms with Crippen LogP contribution in [0.1, 0.15) is 31.1 Å². The minimum atomic E-state index is -0.363. The summed E-state index contributed by atoms with van der Waals surface area (Å²) in [5.74, 6) is 0.164. The van der Waals surface area contributed by atoms with Crippen molar-refractivity contribution in [2.24, 2.45) is 0 Å². The monoisotopic (exact) mass is 415 g/mol. The Labute approximate surface area is 174 Å². The first-order valence-corrected chi connectivity index (χ1v) is 10.7. The van der Waals surface area contributed by atoms with E-state index in [1.54, 1.807) is 4.90 Å².